The van der Waals surface area contributed by atoms with Crippen LogP contribution in [0.25, 0.3) is 0 Å². The van der Waals surface area contributed by atoms with E-state index in [0.717, 1.165) is 42.4 Å². The highest BCUT2D eigenvalue weighted by atomic mass is 32.3. The molecular formula is C27H46O5S. The third kappa shape index (κ3) is 3.94. The lowest BCUT2D eigenvalue weighted by molar-refractivity contribution is -0.114. The first kappa shape index (κ1) is 24.5. The molecule has 4 saturated carbocycles. The molecule has 0 radical (unpaired) electrons. The molecule has 10 atom stereocenters. The first-order chi connectivity index (χ1) is 15.4. The van der Waals surface area contributed by atoms with Crippen molar-refractivity contribution in [1.29, 1.82) is 0 Å². The molecule has 0 aromatic carbocycles. The van der Waals surface area contributed by atoms with Crippen molar-refractivity contribution in [2.75, 3.05) is 0 Å². The molecule has 1 heterocycles. The fourth-order valence-electron chi connectivity index (χ4n) is 9.92. The van der Waals surface area contributed by atoms with Crippen LogP contribution in [0.4, 0.5) is 0 Å². The van der Waals surface area contributed by atoms with Gasteiger partial charge in [-0.1, -0.05) is 53.9 Å². The Labute approximate surface area is 201 Å². The molecule has 0 aromatic rings. The summed E-state index contributed by atoms with van der Waals surface area (Å²) in [6, 6.07) is 0. The van der Waals surface area contributed by atoms with Crippen molar-refractivity contribution >= 4 is 10.4 Å². The van der Waals surface area contributed by atoms with E-state index in [9.17, 15) is 13.0 Å². The molecule has 1 aliphatic heterocycles. The van der Waals surface area contributed by atoms with Crippen LogP contribution in [0.3, 0.4) is 0 Å². The zero-order valence-electron chi connectivity index (χ0n) is 21.4. The van der Waals surface area contributed by atoms with Gasteiger partial charge < -0.3 is 4.74 Å². The Hall–Kier alpha value is -0.170. The Morgan fingerprint density at radius 3 is 2.48 bits per heavy atom. The Bertz CT molecular complexity index is 857. The number of hydrogen-bond acceptors (Lipinski definition) is 4. The zero-order chi connectivity index (χ0) is 23.8. The maximum absolute atomic E-state index is 11.3. The summed E-state index contributed by atoms with van der Waals surface area (Å²) < 4.78 is 43.4. The van der Waals surface area contributed by atoms with E-state index in [1.165, 1.54) is 44.9 Å². The van der Waals surface area contributed by atoms with Gasteiger partial charge in [-0.25, -0.2) is 4.18 Å². The fraction of sp³-hybridized carbons (Fsp3) is 1.00. The van der Waals surface area contributed by atoms with Crippen LogP contribution in [0.2, 0.25) is 0 Å². The Kier molecular flexibility index (Phi) is 6.08. The lowest BCUT2D eigenvalue weighted by Crippen LogP contribution is -2.59. The van der Waals surface area contributed by atoms with Gasteiger partial charge in [0.2, 0.25) is 0 Å². The van der Waals surface area contributed by atoms with Gasteiger partial charge in [0, 0.05) is 11.8 Å². The van der Waals surface area contributed by atoms with Gasteiger partial charge in [-0.2, -0.15) is 8.42 Å². The van der Waals surface area contributed by atoms with E-state index < -0.39 is 16.5 Å². The minimum Gasteiger partial charge on any atom is -0.365 e. The first-order valence-corrected chi connectivity index (χ1v) is 15.1. The van der Waals surface area contributed by atoms with Crippen LogP contribution in [-0.4, -0.2) is 30.8 Å². The van der Waals surface area contributed by atoms with Crippen LogP contribution in [0, 0.1) is 46.3 Å². The Morgan fingerprint density at radius 1 is 1.03 bits per heavy atom. The van der Waals surface area contributed by atoms with Crippen molar-refractivity contribution in [3.63, 3.8) is 0 Å². The second-order valence-electron chi connectivity index (χ2n) is 13.4. The lowest BCUT2D eigenvalue weighted by atomic mass is 9.44. The first-order valence-electron chi connectivity index (χ1n) is 13.7. The summed E-state index contributed by atoms with van der Waals surface area (Å²) in [4.78, 5) is 0. The summed E-state index contributed by atoms with van der Waals surface area (Å²) in [5.41, 5.74) is 0.328. The maximum Gasteiger partial charge on any atom is 0.397 e. The molecule has 1 N–H and O–H groups in total. The summed E-state index contributed by atoms with van der Waals surface area (Å²) in [6.07, 6.45) is 12.6. The largest absolute Gasteiger partial charge is 0.397 e. The SMILES string of the molecule is CC(C)CCC[C@@H](C)[C@H]1CC[C@H]2[C@@H]3CC4OC45C[C@@H](OS(=O)(=O)O)CC[C@]5(C)[C@H]3CC[C@]12C. The number of ether oxygens (including phenoxy) is 1. The average Bonchev–Trinajstić information content (AvgIpc) is 3.27. The van der Waals surface area contributed by atoms with Crippen molar-refractivity contribution < 1.29 is 21.9 Å². The van der Waals surface area contributed by atoms with Crippen LogP contribution in [-0.2, 0) is 19.3 Å². The van der Waals surface area contributed by atoms with Gasteiger partial charge in [-0.15, -0.1) is 0 Å². The average molecular weight is 483 g/mol. The van der Waals surface area contributed by atoms with E-state index >= 15 is 0 Å². The number of fused-ring (bicyclic) bond motifs is 4. The molecule has 1 spiro atoms. The van der Waals surface area contributed by atoms with E-state index in [4.69, 9.17) is 8.92 Å². The molecule has 0 amide bonds. The Morgan fingerprint density at radius 2 is 1.79 bits per heavy atom. The Balaban J connectivity index is 1.31. The van der Waals surface area contributed by atoms with Gasteiger partial charge in [0.05, 0.1) is 12.2 Å². The highest BCUT2D eigenvalue weighted by molar-refractivity contribution is 7.80. The second kappa shape index (κ2) is 8.18. The third-order valence-corrected chi connectivity index (χ3v) is 12.0. The van der Waals surface area contributed by atoms with Crippen LogP contribution < -0.4 is 0 Å². The van der Waals surface area contributed by atoms with Crippen molar-refractivity contribution in [3.8, 4) is 0 Å². The minimum atomic E-state index is -4.41. The molecule has 5 rings (SSSR count). The highest BCUT2D eigenvalue weighted by Crippen LogP contribution is 2.74. The molecule has 1 saturated heterocycles. The standard InChI is InChI=1S/C27H46O5S/c1-17(2)7-6-8-18(3)21-9-10-22-20-15-24-27(31-24)16-19(32-33(28,29)30)11-14-26(27,5)23(20)12-13-25(21,22)4/h17-24H,6-16H2,1-5H3,(H,28,29,30)/t18-,19+,20+,21-,22+,23+,24?,25-,26-,27?/m1/s1. The van der Waals surface area contributed by atoms with Gasteiger partial charge in [-0.3, -0.25) is 4.55 Å². The van der Waals surface area contributed by atoms with E-state index in [2.05, 4.69) is 34.6 Å². The molecule has 6 heteroatoms. The van der Waals surface area contributed by atoms with E-state index in [1.807, 2.05) is 0 Å². The zero-order valence-corrected chi connectivity index (χ0v) is 22.2. The number of hydrogen-bond donors (Lipinski definition) is 1. The van der Waals surface area contributed by atoms with Crippen LogP contribution in [0.15, 0.2) is 0 Å². The molecule has 5 nitrogen and oxygen atoms in total. The van der Waals surface area contributed by atoms with Gasteiger partial charge in [-0.05, 0) is 85.9 Å². The molecular weight excluding hydrogens is 436 g/mol. The third-order valence-electron chi connectivity index (χ3n) is 11.5. The van der Waals surface area contributed by atoms with E-state index in [-0.39, 0.29) is 17.1 Å². The summed E-state index contributed by atoms with van der Waals surface area (Å²) in [6.45, 7) is 12.3. The lowest BCUT2D eigenvalue weighted by Gasteiger charge is -2.59. The number of rotatable bonds is 7. The normalized spacial score (nSPS) is 49.7. The van der Waals surface area contributed by atoms with E-state index in [1.54, 1.807) is 0 Å². The molecule has 190 valence electrons. The van der Waals surface area contributed by atoms with Crippen molar-refractivity contribution in [1.82, 2.24) is 0 Å². The molecule has 33 heavy (non-hydrogen) atoms. The monoisotopic (exact) mass is 482 g/mol. The predicted molar refractivity (Wildman–Crippen MR) is 129 cm³/mol. The molecule has 0 aromatic heterocycles. The van der Waals surface area contributed by atoms with Crippen molar-refractivity contribution in [2.45, 2.75) is 123 Å². The van der Waals surface area contributed by atoms with E-state index in [0.29, 0.717) is 24.2 Å². The molecule has 2 unspecified atom stereocenters. The van der Waals surface area contributed by atoms with Gasteiger partial charge in [0.25, 0.3) is 0 Å². The summed E-state index contributed by atoms with van der Waals surface area (Å²) in [5.74, 6) is 4.68. The quantitative estimate of drug-likeness (QED) is 0.334. The van der Waals surface area contributed by atoms with Gasteiger partial charge >= 0.3 is 10.4 Å². The number of epoxide rings is 1. The molecule has 5 fully saturated rings. The summed E-state index contributed by atoms with van der Waals surface area (Å²) >= 11 is 0. The van der Waals surface area contributed by atoms with Crippen LogP contribution in [0.1, 0.15) is 105 Å². The fourth-order valence-corrected chi connectivity index (χ4v) is 10.4. The summed E-state index contributed by atoms with van der Waals surface area (Å²) in [5, 5.41) is 0. The minimum absolute atomic E-state index is 0.0992. The van der Waals surface area contributed by atoms with Crippen LogP contribution in [0.5, 0.6) is 0 Å². The highest BCUT2D eigenvalue weighted by Gasteiger charge is 2.76. The smallest absolute Gasteiger partial charge is 0.365 e. The van der Waals surface area contributed by atoms with Gasteiger partial charge in [0.15, 0.2) is 0 Å². The second-order valence-corrected chi connectivity index (χ2v) is 14.5. The van der Waals surface area contributed by atoms with Gasteiger partial charge in [0.1, 0.15) is 5.60 Å². The topological polar surface area (TPSA) is 76.1 Å². The maximum atomic E-state index is 11.3. The molecule has 0 bridgehead atoms. The predicted octanol–water partition coefficient (Wildman–Crippen LogP) is 6.43. The molecule has 4 aliphatic carbocycles. The van der Waals surface area contributed by atoms with Crippen molar-refractivity contribution in [3.05, 3.63) is 0 Å². The van der Waals surface area contributed by atoms with Crippen LogP contribution >= 0.6 is 0 Å². The summed E-state index contributed by atoms with van der Waals surface area (Å²) in [7, 11) is -4.41. The van der Waals surface area contributed by atoms with Crippen molar-refractivity contribution in [2.24, 2.45) is 46.3 Å². The molecule has 5 aliphatic rings.